The largest absolute Gasteiger partial charge is 0.462 e. The van der Waals surface area contributed by atoms with Crippen LogP contribution < -0.4 is 0 Å². The van der Waals surface area contributed by atoms with Crippen molar-refractivity contribution in [2.75, 3.05) is 6.61 Å². The summed E-state index contributed by atoms with van der Waals surface area (Å²) in [7, 11) is 0. The lowest BCUT2D eigenvalue weighted by Crippen LogP contribution is -2.12. The van der Waals surface area contributed by atoms with E-state index in [1.807, 2.05) is 72.9 Å². The Hall–Kier alpha value is -3.99. The molecule has 3 nitrogen and oxygen atoms in total. The van der Waals surface area contributed by atoms with Crippen LogP contribution in [0.2, 0.25) is 0 Å². The van der Waals surface area contributed by atoms with Gasteiger partial charge >= 0.3 is 5.97 Å². The molecule has 0 bridgehead atoms. The lowest BCUT2D eigenvalue weighted by Gasteiger charge is -2.22. The van der Waals surface area contributed by atoms with Crippen LogP contribution in [0.15, 0.2) is 91.1 Å². The first-order valence-electron chi connectivity index (χ1n) is 10.8. The van der Waals surface area contributed by atoms with Crippen molar-refractivity contribution >= 4 is 27.6 Å². The first-order valence-corrected chi connectivity index (χ1v) is 10.8. The molecule has 0 aliphatic carbocycles. The number of benzene rings is 4. The molecule has 1 heterocycles. The topological polar surface area (TPSA) is 31.2 Å². The zero-order chi connectivity index (χ0) is 22.9. The standard InChI is InChI=1S/C28H21F2NO2/c1-2-33-28(32)23-17-26-20(21-15-24(29)25(30)16-22(21)23)13-14-31(26)27(18-9-5-3-6-10-18)19-11-7-4-8-12-19/h3-17,27H,2H2,1H3. The fourth-order valence-corrected chi connectivity index (χ4v) is 4.43. The minimum Gasteiger partial charge on any atom is -0.462 e. The van der Waals surface area contributed by atoms with Crippen molar-refractivity contribution in [3.05, 3.63) is 119 Å². The molecule has 1 aromatic heterocycles. The highest BCUT2D eigenvalue weighted by Gasteiger charge is 2.22. The number of carbonyl (C=O) groups excluding carboxylic acids is 1. The maximum absolute atomic E-state index is 14.3. The number of nitrogens with zero attached hydrogens (tertiary/aromatic N) is 1. The van der Waals surface area contributed by atoms with E-state index in [4.69, 9.17) is 4.74 Å². The summed E-state index contributed by atoms with van der Waals surface area (Å²) < 4.78 is 35.7. The van der Waals surface area contributed by atoms with E-state index in [1.165, 1.54) is 0 Å². The third kappa shape index (κ3) is 3.65. The number of hydrogen-bond donors (Lipinski definition) is 0. The number of esters is 1. The van der Waals surface area contributed by atoms with Gasteiger partial charge in [0, 0.05) is 17.0 Å². The second-order valence-corrected chi connectivity index (χ2v) is 7.84. The summed E-state index contributed by atoms with van der Waals surface area (Å²) in [5, 5.41) is 1.52. The molecule has 0 N–H and O–H groups in total. The van der Waals surface area contributed by atoms with Crippen molar-refractivity contribution < 1.29 is 18.3 Å². The number of ether oxygens (including phenoxy) is 1. The average molecular weight is 441 g/mol. The van der Waals surface area contributed by atoms with Crippen LogP contribution in [0.4, 0.5) is 8.78 Å². The van der Waals surface area contributed by atoms with Gasteiger partial charge in [0.05, 0.1) is 23.7 Å². The maximum atomic E-state index is 14.3. The molecular weight excluding hydrogens is 420 g/mol. The van der Waals surface area contributed by atoms with E-state index in [1.54, 1.807) is 13.0 Å². The summed E-state index contributed by atoms with van der Waals surface area (Å²) in [6, 6.07) is 25.7. The van der Waals surface area contributed by atoms with Gasteiger partial charge < -0.3 is 9.30 Å². The monoisotopic (exact) mass is 441 g/mol. The van der Waals surface area contributed by atoms with Crippen LogP contribution in [-0.4, -0.2) is 17.1 Å². The molecule has 5 rings (SSSR count). The lowest BCUT2D eigenvalue weighted by molar-refractivity contribution is 0.0529. The summed E-state index contributed by atoms with van der Waals surface area (Å²) in [4.78, 5) is 12.8. The quantitative estimate of drug-likeness (QED) is 0.278. The van der Waals surface area contributed by atoms with E-state index in [9.17, 15) is 13.6 Å². The molecule has 4 aromatic carbocycles. The van der Waals surface area contributed by atoms with Gasteiger partial charge in [-0.05, 0) is 47.7 Å². The van der Waals surface area contributed by atoms with Crippen LogP contribution in [0.25, 0.3) is 21.7 Å². The third-order valence-corrected chi connectivity index (χ3v) is 5.88. The SMILES string of the molecule is CCOC(=O)c1cc2c(ccn2C(c2ccccc2)c2ccccc2)c2cc(F)c(F)cc12. The minimum absolute atomic E-state index is 0.178. The number of halogens is 2. The fraction of sp³-hybridized carbons (Fsp3) is 0.107. The van der Waals surface area contributed by atoms with Gasteiger partial charge in [0.1, 0.15) is 0 Å². The normalized spacial score (nSPS) is 11.4. The van der Waals surface area contributed by atoms with Crippen molar-refractivity contribution in [2.45, 2.75) is 13.0 Å². The van der Waals surface area contributed by atoms with Gasteiger partial charge in [-0.15, -0.1) is 0 Å². The molecule has 0 saturated heterocycles. The molecule has 0 radical (unpaired) electrons. The van der Waals surface area contributed by atoms with Crippen molar-refractivity contribution in [2.24, 2.45) is 0 Å². The van der Waals surface area contributed by atoms with Gasteiger partial charge in [0.2, 0.25) is 0 Å². The Labute approximate surface area is 189 Å². The zero-order valence-electron chi connectivity index (χ0n) is 18.0. The van der Waals surface area contributed by atoms with Gasteiger partial charge in [-0.25, -0.2) is 13.6 Å². The Balaban J connectivity index is 1.84. The second kappa shape index (κ2) is 8.51. The van der Waals surface area contributed by atoms with Crippen LogP contribution in [-0.2, 0) is 4.74 Å². The van der Waals surface area contributed by atoms with Gasteiger partial charge in [-0.3, -0.25) is 0 Å². The molecule has 0 saturated carbocycles. The Morgan fingerprint density at radius 1 is 0.818 bits per heavy atom. The first kappa shape index (κ1) is 20.9. The summed E-state index contributed by atoms with van der Waals surface area (Å²) >= 11 is 0. The molecule has 164 valence electrons. The Bertz CT molecular complexity index is 1420. The van der Waals surface area contributed by atoms with E-state index >= 15 is 0 Å². The Morgan fingerprint density at radius 2 is 1.39 bits per heavy atom. The molecule has 0 atom stereocenters. The molecule has 5 heteroatoms. The van der Waals surface area contributed by atoms with E-state index in [0.29, 0.717) is 10.8 Å². The predicted molar refractivity (Wildman–Crippen MR) is 125 cm³/mol. The number of aromatic nitrogens is 1. The first-order chi connectivity index (χ1) is 16.1. The average Bonchev–Trinajstić information content (AvgIpc) is 3.25. The van der Waals surface area contributed by atoms with Crippen molar-refractivity contribution in [3.63, 3.8) is 0 Å². The highest BCUT2D eigenvalue weighted by Crippen LogP contribution is 2.36. The smallest absolute Gasteiger partial charge is 0.338 e. The van der Waals surface area contributed by atoms with Gasteiger partial charge in [0.15, 0.2) is 11.6 Å². The zero-order valence-corrected chi connectivity index (χ0v) is 18.0. The minimum atomic E-state index is -1.00. The lowest BCUT2D eigenvalue weighted by atomic mass is 9.97. The fourth-order valence-electron chi connectivity index (χ4n) is 4.43. The van der Waals surface area contributed by atoms with Crippen LogP contribution >= 0.6 is 0 Å². The molecule has 33 heavy (non-hydrogen) atoms. The van der Waals surface area contributed by atoms with E-state index in [0.717, 1.165) is 34.2 Å². The predicted octanol–water partition coefficient (Wildman–Crippen LogP) is 6.89. The number of carbonyl (C=O) groups is 1. The number of hydrogen-bond acceptors (Lipinski definition) is 2. The number of fused-ring (bicyclic) bond motifs is 3. The maximum Gasteiger partial charge on any atom is 0.338 e. The highest BCUT2D eigenvalue weighted by molar-refractivity contribution is 6.15. The van der Waals surface area contributed by atoms with E-state index in [2.05, 4.69) is 4.57 Å². The van der Waals surface area contributed by atoms with Crippen LogP contribution in [0, 0.1) is 11.6 Å². The van der Waals surface area contributed by atoms with Gasteiger partial charge in [0.25, 0.3) is 0 Å². The Morgan fingerprint density at radius 3 is 1.97 bits per heavy atom. The van der Waals surface area contributed by atoms with E-state index < -0.39 is 17.6 Å². The molecule has 0 unspecified atom stereocenters. The molecule has 0 aliphatic rings. The highest BCUT2D eigenvalue weighted by atomic mass is 19.2. The Kier molecular flexibility index (Phi) is 5.38. The summed E-state index contributed by atoms with van der Waals surface area (Å²) in [6.45, 7) is 1.89. The molecular formula is C28H21F2NO2. The van der Waals surface area contributed by atoms with Crippen molar-refractivity contribution in [1.29, 1.82) is 0 Å². The van der Waals surface area contributed by atoms with Crippen LogP contribution in [0.1, 0.15) is 34.5 Å². The van der Waals surface area contributed by atoms with Gasteiger partial charge in [-0.1, -0.05) is 60.7 Å². The summed E-state index contributed by atoms with van der Waals surface area (Å²) in [6.07, 6.45) is 1.92. The molecule has 5 aromatic rings. The summed E-state index contributed by atoms with van der Waals surface area (Å²) in [5.41, 5.74) is 3.06. The molecule has 0 aliphatic heterocycles. The molecule has 0 fully saturated rings. The molecule has 0 amide bonds. The number of rotatable bonds is 5. The van der Waals surface area contributed by atoms with Crippen LogP contribution in [0.5, 0.6) is 0 Å². The van der Waals surface area contributed by atoms with Crippen molar-refractivity contribution in [1.82, 2.24) is 4.57 Å². The molecule has 0 spiro atoms. The van der Waals surface area contributed by atoms with Gasteiger partial charge in [-0.2, -0.15) is 0 Å². The van der Waals surface area contributed by atoms with Crippen LogP contribution in [0.3, 0.4) is 0 Å². The van der Waals surface area contributed by atoms with E-state index in [-0.39, 0.29) is 18.2 Å². The third-order valence-electron chi connectivity index (χ3n) is 5.88. The second-order valence-electron chi connectivity index (χ2n) is 7.84. The van der Waals surface area contributed by atoms with Crippen molar-refractivity contribution in [3.8, 4) is 0 Å². The summed E-state index contributed by atoms with van der Waals surface area (Å²) in [5.74, 6) is -2.53.